The van der Waals surface area contributed by atoms with Crippen LogP contribution in [-0.4, -0.2) is 25.2 Å². The van der Waals surface area contributed by atoms with Crippen LogP contribution in [0, 0.1) is 0 Å². The lowest BCUT2D eigenvalue weighted by Crippen LogP contribution is -2.36. The zero-order chi connectivity index (χ0) is 18.8. The Morgan fingerprint density at radius 2 is 1.88 bits per heavy atom. The number of carbonyl (C=O) groups excluding carboxylic acids is 1. The highest BCUT2D eigenvalue weighted by Gasteiger charge is 2.14. The van der Waals surface area contributed by atoms with Gasteiger partial charge in [0.15, 0.2) is 6.10 Å². The third-order valence-electron chi connectivity index (χ3n) is 3.85. The van der Waals surface area contributed by atoms with Crippen molar-refractivity contribution in [3.05, 3.63) is 59.1 Å². The minimum absolute atomic E-state index is 0.129. The van der Waals surface area contributed by atoms with E-state index in [4.69, 9.17) is 21.1 Å². The van der Waals surface area contributed by atoms with Gasteiger partial charge in [0.2, 0.25) is 0 Å². The Morgan fingerprint density at radius 1 is 1.15 bits per heavy atom. The summed E-state index contributed by atoms with van der Waals surface area (Å²) in [7, 11) is 0. The number of para-hydroxylation sites is 1. The van der Waals surface area contributed by atoms with Gasteiger partial charge in [-0.15, -0.1) is 0 Å². The first-order valence-corrected chi connectivity index (χ1v) is 9.38. The fraction of sp³-hybridized carbons (Fsp3) is 0.381. The number of ether oxygens (including phenoxy) is 2. The lowest BCUT2D eigenvalue weighted by molar-refractivity contribution is -0.127. The van der Waals surface area contributed by atoms with Gasteiger partial charge in [-0.2, -0.15) is 0 Å². The topological polar surface area (TPSA) is 47.6 Å². The summed E-state index contributed by atoms with van der Waals surface area (Å²) in [6, 6.07) is 15.0. The van der Waals surface area contributed by atoms with Crippen molar-refractivity contribution in [3.8, 4) is 11.5 Å². The maximum absolute atomic E-state index is 12.1. The van der Waals surface area contributed by atoms with Gasteiger partial charge in [0.25, 0.3) is 5.91 Å². The van der Waals surface area contributed by atoms with Crippen LogP contribution in [-0.2, 0) is 11.2 Å². The van der Waals surface area contributed by atoms with E-state index in [1.807, 2.05) is 18.2 Å². The molecule has 26 heavy (non-hydrogen) atoms. The maximum atomic E-state index is 12.1. The molecule has 1 atom stereocenters. The van der Waals surface area contributed by atoms with E-state index >= 15 is 0 Å². The minimum Gasteiger partial charge on any atom is -0.493 e. The number of aryl methyl sites for hydroxylation is 1. The number of halogens is 1. The molecule has 0 aliphatic heterocycles. The fourth-order valence-electron chi connectivity index (χ4n) is 2.47. The standard InChI is InChI=1S/C21H26ClNO3/c1-3-15-25-20-9-5-4-7-17(20)8-6-14-23-21(24)16(2)26-19-12-10-18(22)11-13-19/h4-5,7,9-13,16H,3,6,8,14-15H2,1-2H3,(H,23,24)/t16-/m0/s1. The zero-order valence-electron chi connectivity index (χ0n) is 15.3. The Kier molecular flexibility index (Phi) is 8.29. The van der Waals surface area contributed by atoms with Crippen molar-refractivity contribution in [1.82, 2.24) is 5.32 Å². The van der Waals surface area contributed by atoms with E-state index < -0.39 is 6.10 Å². The predicted molar refractivity (Wildman–Crippen MR) is 105 cm³/mol. The Labute approximate surface area is 160 Å². The fourth-order valence-corrected chi connectivity index (χ4v) is 2.59. The lowest BCUT2D eigenvalue weighted by atomic mass is 10.1. The number of nitrogens with one attached hydrogen (secondary N) is 1. The highest BCUT2D eigenvalue weighted by Crippen LogP contribution is 2.20. The van der Waals surface area contributed by atoms with Crippen molar-refractivity contribution in [2.75, 3.05) is 13.2 Å². The molecule has 140 valence electrons. The average Bonchev–Trinajstić information content (AvgIpc) is 2.66. The van der Waals surface area contributed by atoms with Crippen molar-refractivity contribution in [2.45, 2.75) is 39.2 Å². The molecule has 0 aromatic heterocycles. The van der Waals surface area contributed by atoms with Crippen LogP contribution in [0.5, 0.6) is 11.5 Å². The number of hydrogen-bond acceptors (Lipinski definition) is 3. The second-order valence-corrected chi connectivity index (χ2v) is 6.50. The number of carbonyl (C=O) groups is 1. The van der Waals surface area contributed by atoms with Gasteiger partial charge in [-0.25, -0.2) is 0 Å². The molecule has 0 spiro atoms. The number of benzene rings is 2. The average molecular weight is 376 g/mol. The number of rotatable bonds is 10. The third kappa shape index (κ3) is 6.60. The zero-order valence-corrected chi connectivity index (χ0v) is 16.1. The van der Waals surface area contributed by atoms with E-state index in [-0.39, 0.29) is 5.91 Å². The second-order valence-electron chi connectivity index (χ2n) is 6.06. The largest absolute Gasteiger partial charge is 0.493 e. The molecule has 2 aromatic rings. The van der Waals surface area contributed by atoms with Crippen molar-refractivity contribution in [2.24, 2.45) is 0 Å². The Morgan fingerprint density at radius 3 is 2.62 bits per heavy atom. The molecular formula is C21H26ClNO3. The smallest absolute Gasteiger partial charge is 0.260 e. The normalized spacial score (nSPS) is 11.7. The quantitative estimate of drug-likeness (QED) is 0.615. The van der Waals surface area contributed by atoms with Gasteiger partial charge in [-0.3, -0.25) is 4.79 Å². The molecule has 0 saturated carbocycles. The molecule has 0 aliphatic carbocycles. The van der Waals surface area contributed by atoms with Crippen molar-refractivity contribution in [1.29, 1.82) is 0 Å². The summed E-state index contributed by atoms with van der Waals surface area (Å²) in [6.07, 6.45) is 2.12. The molecule has 1 amide bonds. The van der Waals surface area contributed by atoms with Crippen LogP contribution < -0.4 is 14.8 Å². The van der Waals surface area contributed by atoms with Gasteiger partial charge >= 0.3 is 0 Å². The van der Waals surface area contributed by atoms with Gasteiger partial charge in [-0.1, -0.05) is 36.7 Å². The summed E-state index contributed by atoms with van der Waals surface area (Å²) in [5.41, 5.74) is 1.17. The van der Waals surface area contributed by atoms with Crippen molar-refractivity contribution in [3.63, 3.8) is 0 Å². The van der Waals surface area contributed by atoms with E-state index in [1.165, 1.54) is 5.56 Å². The van der Waals surface area contributed by atoms with Crippen LogP contribution in [0.25, 0.3) is 0 Å². The van der Waals surface area contributed by atoms with E-state index in [0.29, 0.717) is 23.9 Å². The summed E-state index contributed by atoms with van der Waals surface area (Å²) in [5.74, 6) is 1.43. The molecule has 2 aromatic carbocycles. The summed E-state index contributed by atoms with van der Waals surface area (Å²) in [4.78, 5) is 12.1. The molecule has 0 bridgehead atoms. The summed E-state index contributed by atoms with van der Waals surface area (Å²) in [6.45, 7) is 5.13. The predicted octanol–water partition coefficient (Wildman–Crippen LogP) is 4.65. The summed E-state index contributed by atoms with van der Waals surface area (Å²) >= 11 is 5.84. The Hall–Kier alpha value is -2.20. The highest BCUT2D eigenvalue weighted by atomic mass is 35.5. The number of amides is 1. The second kappa shape index (κ2) is 10.7. The van der Waals surface area contributed by atoms with Gasteiger partial charge < -0.3 is 14.8 Å². The highest BCUT2D eigenvalue weighted by molar-refractivity contribution is 6.30. The third-order valence-corrected chi connectivity index (χ3v) is 4.10. The van der Waals surface area contributed by atoms with Crippen LogP contribution in [0.2, 0.25) is 5.02 Å². The van der Waals surface area contributed by atoms with Crippen LogP contribution in [0.4, 0.5) is 0 Å². The lowest BCUT2D eigenvalue weighted by Gasteiger charge is -2.15. The summed E-state index contributed by atoms with van der Waals surface area (Å²) < 4.78 is 11.4. The molecule has 0 radical (unpaired) electrons. The minimum atomic E-state index is -0.559. The van der Waals surface area contributed by atoms with E-state index in [9.17, 15) is 4.79 Å². The molecule has 0 fully saturated rings. The molecule has 4 nitrogen and oxygen atoms in total. The molecule has 0 saturated heterocycles. The van der Waals surface area contributed by atoms with E-state index in [0.717, 1.165) is 25.0 Å². The monoisotopic (exact) mass is 375 g/mol. The van der Waals surface area contributed by atoms with Crippen LogP contribution in [0.1, 0.15) is 32.3 Å². The van der Waals surface area contributed by atoms with Gasteiger partial charge in [0.1, 0.15) is 11.5 Å². The first-order chi connectivity index (χ1) is 12.6. The molecule has 2 rings (SSSR count). The maximum Gasteiger partial charge on any atom is 0.260 e. The molecule has 0 unspecified atom stereocenters. The molecule has 0 aliphatic rings. The first-order valence-electron chi connectivity index (χ1n) is 9.00. The van der Waals surface area contributed by atoms with Gasteiger partial charge in [0.05, 0.1) is 6.61 Å². The van der Waals surface area contributed by atoms with Crippen LogP contribution >= 0.6 is 11.6 Å². The van der Waals surface area contributed by atoms with Crippen molar-refractivity contribution < 1.29 is 14.3 Å². The Balaban J connectivity index is 1.73. The van der Waals surface area contributed by atoms with Gasteiger partial charge in [0, 0.05) is 11.6 Å². The van der Waals surface area contributed by atoms with E-state index in [1.54, 1.807) is 31.2 Å². The Bertz CT molecular complexity index is 688. The molecule has 5 heteroatoms. The van der Waals surface area contributed by atoms with E-state index in [2.05, 4.69) is 18.3 Å². The molecular weight excluding hydrogens is 350 g/mol. The van der Waals surface area contributed by atoms with Crippen molar-refractivity contribution >= 4 is 17.5 Å². The molecule has 0 heterocycles. The number of hydrogen-bond donors (Lipinski definition) is 1. The van der Waals surface area contributed by atoms with Gasteiger partial charge in [-0.05, 0) is 62.1 Å². The summed E-state index contributed by atoms with van der Waals surface area (Å²) in [5, 5.41) is 3.55. The first kappa shape index (κ1) is 20.1. The SMILES string of the molecule is CCCOc1ccccc1CCCNC(=O)[C@H](C)Oc1ccc(Cl)cc1. The van der Waals surface area contributed by atoms with Crippen LogP contribution in [0.3, 0.4) is 0 Å². The van der Waals surface area contributed by atoms with Crippen LogP contribution in [0.15, 0.2) is 48.5 Å². The molecule has 1 N–H and O–H groups in total.